The molecule has 0 spiro atoms. The van der Waals surface area contributed by atoms with Crippen LogP contribution in [0.5, 0.6) is 0 Å². The number of piperidine rings is 1. The topological polar surface area (TPSA) is 42.4 Å². The van der Waals surface area contributed by atoms with Crippen molar-refractivity contribution in [3.63, 3.8) is 0 Å². The molecule has 6 heteroatoms. The van der Waals surface area contributed by atoms with Crippen LogP contribution < -0.4 is 4.90 Å². The van der Waals surface area contributed by atoms with Gasteiger partial charge in [0.05, 0.1) is 15.8 Å². The second-order valence-electron chi connectivity index (χ2n) is 11.6. The predicted octanol–water partition coefficient (Wildman–Crippen LogP) is 8.39. The Hall–Kier alpha value is -1.95. The number of fused-ring (bicyclic) bond motifs is 2. The van der Waals surface area contributed by atoms with Crippen LogP contribution in [0.4, 0.5) is 5.13 Å². The highest BCUT2D eigenvalue weighted by Crippen LogP contribution is 2.46. The normalized spacial score (nSPS) is 21.4. The van der Waals surface area contributed by atoms with Crippen LogP contribution in [0.3, 0.4) is 0 Å². The number of thiazole rings is 1. The maximum absolute atomic E-state index is 13.0. The summed E-state index contributed by atoms with van der Waals surface area (Å²) in [6.45, 7) is 11.9. The summed E-state index contributed by atoms with van der Waals surface area (Å²) in [5.74, 6) is 1.68. The number of hydrogen-bond donors (Lipinski definition) is 0. The molecule has 3 atom stereocenters. The highest BCUT2D eigenvalue weighted by Gasteiger charge is 2.34. The number of ether oxygens (including phenoxy) is 1. The number of carbonyl (C=O) groups is 1. The lowest BCUT2D eigenvalue weighted by molar-refractivity contribution is -0.138. The minimum atomic E-state index is -0.649. The summed E-state index contributed by atoms with van der Waals surface area (Å²) in [4.78, 5) is 20.6. The van der Waals surface area contributed by atoms with E-state index in [0.717, 1.165) is 62.5 Å². The number of aryl methyl sites for hydroxylation is 1. The summed E-state index contributed by atoms with van der Waals surface area (Å²) in [6.07, 6.45) is 6.10. The number of carbonyl (C=O) groups excluding carboxylic acids is 1. The summed E-state index contributed by atoms with van der Waals surface area (Å²) in [7, 11) is 0. The fourth-order valence-electron chi connectivity index (χ4n) is 6.05. The van der Waals surface area contributed by atoms with E-state index in [1.807, 2.05) is 45.0 Å². The Morgan fingerprint density at radius 3 is 2.50 bits per heavy atom. The summed E-state index contributed by atoms with van der Waals surface area (Å²) in [5.41, 5.74) is 4.58. The molecule has 2 aliphatic rings. The minimum Gasteiger partial charge on any atom is -0.360 e. The van der Waals surface area contributed by atoms with E-state index in [4.69, 9.17) is 21.3 Å². The molecule has 0 unspecified atom stereocenters. The Balaban J connectivity index is 1.65. The number of halogens is 1. The molecule has 1 saturated heterocycles. The molecule has 3 aromatic rings. The average molecular weight is 525 g/mol. The van der Waals surface area contributed by atoms with Crippen molar-refractivity contribution < 1.29 is 9.53 Å². The van der Waals surface area contributed by atoms with E-state index in [1.165, 1.54) is 32.1 Å². The van der Waals surface area contributed by atoms with Gasteiger partial charge in [0, 0.05) is 29.2 Å². The van der Waals surface area contributed by atoms with Crippen LogP contribution in [0.1, 0.15) is 77.0 Å². The monoisotopic (exact) mass is 524 g/mol. The highest BCUT2D eigenvalue weighted by atomic mass is 35.5. The number of hydrogen-bond acceptors (Lipinski definition) is 5. The quantitative estimate of drug-likeness (QED) is 0.336. The van der Waals surface area contributed by atoms with Crippen LogP contribution in [-0.4, -0.2) is 29.5 Å². The van der Waals surface area contributed by atoms with Crippen molar-refractivity contribution in [3.05, 3.63) is 46.5 Å². The molecule has 0 N–H and O–H groups in total. The largest absolute Gasteiger partial charge is 0.360 e. The summed E-state index contributed by atoms with van der Waals surface area (Å²) < 4.78 is 7.49. The maximum Gasteiger partial charge on any atom is 0.186 e. The zero-order valence-corrected chi connectivity index (χ0v) is 23.6. The number of nitrogens with zero attached hydrogens (tertiary/aromatic N) is 2. The van der Waals surface area contributed by atoms with Gasteiger partial charge in [0.2, 0.25) is 0 Å². The summed E-state index contributed by atoms with van der Waals surface area (Å²) >= 11 is 8.01. The molecular formula is C30H37ClN2O2S. The van der Waals surface area contributed by atoms with Crippen molar-refractivity contribution in [2.75, 3.05) is 18.0 Å². The molecule has 1 aromatic heterocycles. The third-order valence-corrected chi connectivity index (χ3v) is 9.12. The van der Waals surface area contributed by atoms with Crippen LogP contribution in [-0.2, 0) is 9.53 Å². The van der Waals surface area contributed by atoms with E-state index in [2.05, 4.69) is 17.9 Å². The van der Waals surface area contributed by atoms with Gasteiger partial charge in [-0.15, -0.1) is 0 Å². The van der Waals surface area contributed by atoms with Gasteiger partial charge in [0.25, 0.3) is 0 Å². The van der Waals surface area contributed by atoms with Crippen LogP contribution in [0, 0.1) is 18.8 Å². The lowest BCUT2D eigenvalue weighted by Gasteiger charge is -2.41. The first-order valence-corrected chi connectivity index (χ1v) is 14.4. The van der Waals surface area contributed by atoms with E-state index < -0.39 is 11.7 Å². The van der Waals surface area contributed by atoms with Gasteiger partial charge in [-0.1, -0.05) is 54.3 Å². The fourth-order valence-corrected chi connectivity index (χ4v) is 7.34. The Labute approximate surface area is 224 Å². The number of Topliss-reactive ketones (excluding diaryl/α,β-unsaturated/α-hetero) is 1. The minimum absolute atomic E-state index is 0.00620. The Kier molecular flexibility index (Phi) is 7.19. The van der Waals surface area contributed by atoms with Crippen molar-refractivity contribution in [2.45, 2.75) is 78.4 Å². The zero-order chi connectivity index (χ0) is 25.6. The second kappa shape index (κ2) is 10.1. The highest BCUT2D eigenvalue weighted by molar-refractivity contribution is 7.22. The third kappa shape index (κ3) is 5.20. The zero-order valence-electron chi connectivity index (χ0n) is 22.1. The van der Waals surface area contributed by atoms with Crippen molar-refractivity contribution in [2.24, 2.45) is 11.8 Å². The van der Waals surface area contributed by atoms with Gasteiger partial charge in [-0.2, -0.15) is 0 Å². The van der Waals surface area contributed by atoms with Crippen LogP contribution in [0.15, 0.2) is 30.3 Å². The van der Waals surface area contributed by atoms with Gasteiger partial charge in [-0.25, -0.2) is 4.98 Å². The van der Waals surface area contributed by atoms with Gasteiger partial charge in [0.1, 0.15) is 6.10 Å². The van der Waals surface area contributed by atoms with Gasteiger partial charge in [-0.05, 0) is 88.6 Å². The number of ketones is 1. The fraction of sp³-hybridized carbons (Fsp3) is 0.533. The third-order valence-electron chi connectivity index (χ3n) is 7.71. The van der Waals surface area contributed by atoms with Gasteiger partial charge < -0.3 is 9.64 Å². The second-order valence-corrected chi connectivity index (χ2v) is 13.0. The molecule has 2 fully saturated rings. The van der Waals surface area contributed by atoms with E-state index in [-0.39, 0.29) is 5.78 Å². The number of rotatable bonds is 5. The summed E-state index contributed by atoms with van der Waals surface area (Å²) in [5, 5.41) is 1.79. The molecule has 0 bridgehead atoms. The van der Waals surface area contributed by atoms with E-state index in [1.54, 1.807) is 18.3 Å². The lowest BCUT2D eigenvalue weighted by atomic mass is 9.75. The first-order chi connectivity index (χ1) is 17.1. The predicted molar refractivity (Wildman–Crippen MR) is 151 cm³/mol. The van der Waals surface area contributed by atoms with Crippen molar-refractivity contribution >= 4 is 44.1 Å². The maximum atomic E-state index is 13.0. The SMILES string of the molecule is CC(=O)[C@@H](OC(C)(C)C)c1c(C)cc2nc(N3CC[C@H]4CCCC[C@@H]4C3)sc2c1-c1ccc(Cl)cc1. The molecule has 192 valence electrons. The molecule has 1 aliphatic heterocycles. The van der Waals surface area contributed by atoms with E-state index in [0.29, 0.717) is 5.02 Å². The molecule has 36 heavy (non-hydrogen) atoms. The van der Waals surface area contributed by atoms with Crippen molar-refractivity contribution in [1.29, 1.82) is 0 Å². The molecule has 0 amide bonds. The van der Waals surface area contributed by atoms with Crippen LogP contribution in [0.2, 0.25) is 5.02 Å². The first kappa shape index (κ1) is 25.7. The molecule has 0 radical (unpaired) electrons. The Bertz CT molecular complexity index is 1260. The lowest BCUT2D eigenvalue weighted by Crippen LogP contribution is -2.41. The van der Waals surface area contributed by atoms with Crippen LogP contribution in [0.25, 0.3) is 21.3 Å². The molecular weight excluding hydrogens is 488 g/mol. The molecule has 4 nitrogen and oxygen atoms in total. The Morgan fingerprint density at radius 1 is 1.14 bits per heavy atom. The molecule has 2 heterocycles. The van der Waals surface area contributed by atoms with Crippen molar-refractivity contribution in [1.82, 2.24) is 4.98 Å². The molecule has 1 aliphatic carbocycles. The molecule has 1 saturated carbocycles. The van der Waals surface area contributed by atoms with Gasteiger partial charge in [-0.3, -0.25) is 4.79 Å². The van der Waals surface area contributed by atoms with Crippen molar-refractivity contribution in [3.8, 4) is 11.1 Å². The molecule has 5 rings (SSSR count). The summed E-state index contributed by atoms with van der Waals surface area (Å²) in [6, 6.07) is 10.1. The van der Waals surface area contributed by atoms with E-state index >= 15 is 0 Å². The number of benzene rings is 2. The Morgan fingerprint density at radius 2 is 1.83 bits per heavy atom. The number of anilines is 1. The van der Waals surface area contributed by atoms with Gasteiger partial charge in [0.15, 0.2) is 10.9 Å². The first-order valence-electron chi connectivity index (χ1n) is 13.2. The average Bonchev–Trinajstić information content (AvgIpc) is 3.25. The van der Waals surface area contributed by atoms with Gasteiger partial charge >= 0.3 is 0 Å². The van der Waals surface area contributed by atoms with Crippen LogP contribution >= 0.6 is 22.9 Å². The number of aromatic nitrogens is 1. The van der Waals surface area contributed by atoms with E-state index in [9.17, 15) is 4.79 Å². The molecule has 2 aromatic carbocycles. The smallest absolute Gasteiger partial charge is 0.186 e. The standard InChI is InChI=1S/C30H37ClN2O2S/c1-18-16-24-28(36-29(32-24)33-15-14-20-8-6-7-9-22(20)17-33)26(21-10-12-23(31)13-11-21)25(18)27(19(2)34)35-30(3,4)5/h10-13,16,20,22,27H,6-9,14-15,17H2,1-5H3/t20-,22-,27-/m1/s1.